The predicted octanol–water partition coefficient (Wildman–Crippen LogP) is 4.19. The average Bonchev–Trinajstić information content (AvgIpc) is 2.58. The standard InChI is InChI=1S/C19H20INO3/c1-12(2)18(21-19(22)14-4-3-5-15(20)10-14)13-6-7-16-17(11-13)24-9-8-23-16/h3-7,10-12,18H,8-9H2,1-2H3,(H,21,22). The number of rotatable bonds is 4. The molecule has 0 saturated carbocycles. The number of carbonyl (C=O) groups is 1. The number of hydrogen-bond acceptors (Lipinski definition) is 3. The van der Waals surface area contributed by atoms with Gasteiger partial charge in [0, 0.05) is 9.13 Å². The van der Waals surface area contributed by atoms with Gasteiger partial charge in [-0.3, -0.25) is 4.79 Å². The molecule has 1 unspecified atom stereocenters. The molecule has 0 fully saturated rings. The van der Waals surface area contributed by atoms with Gasteiger partial charge in [0.25, 0.3) is 5.91 Å². The van der Waals surface area contributed by atoms with Gasteiger partial charge in [0.2, 0.25) is 0 Å². The fraction of sp³-hybridized carbons (Fsp3) is 0.316. The van der Waals surface area contributed by atoms with E-state index in [9.17, 15) is 4.79 Å². The molecular formula is C19H20INO3. The summed E-state index contributed by atoms with van der Waals surface area (Å²) in [6.07, 6.45) is 0. The highest BCUT2D eigenvalue weighted by Gasteiger charge is 2.22. The molecule has 0 aromatic heterocycles. The second-order valence-electron chi connectivity index (χ2n) is 6.11. The van der Waals surface area contributed by atoms with Crippen molar-refractivity contribution in [2.24, 2.45) is 5.92 Å². The first-order chi connectivity index (χ1) is 11.5. The first kappa shape index (κ1) is 17.1. The number of carbonyl (C=O) groups excluding carboxylic acids is 1. The van der Waals surface area contributed by atoms with E-state index < -0.39 is 0 Å². The lowest BCUT2D eigenvalue weighted by molar-refractivity contribution is 0.0925. The third kappa shape index (κ3) is 3.83. The molecule has 1 amide bonds. The van der Waals surface area contributed by atoms with Gasteiger partial charge in [-0.05, 0) is 64.4 Å². The minimum absolute atomic E-state index is 0.0675. The van der Waals surface area contributed by atoms with E-state index in [2.05, 4.69) is 41.8 Å². The number of nitrogens with one attached hydrogen (secondary N) is 1. The van der Waals surface area contributed by atoms with E-state index in [1.807, 2.05) is 42.5 Å². The summed E-state index contributed by atoms with van der Waals surface area (Å²) in [6, 6.07) is 13.4. The molecule has 1 aliphatic heterocycles. The van der Waals surface area contributed by atoms with Gasteiger partial charge < -0.3 is 14.8 Å². The van der Waals surface area contributed by atoms with Crippen LogP contribution in [0.4, 0.5) is 0 Å². The minimum Gasteiger partial charge on any atom is -0.486 e. The van der Waals surface area contributed by atoms with Gasteiger partial charge in [0.05, 0.1) is 6.04 Å². The number of fused-ring (bicyclic) bond motifs is 1. The van der Waals surface area contributed by atoms with E-state index in [1.54, 1.807) is 0 Å². The zero-order valence-electron chi connectivity index (χ0n) is 13.7. The monoisotopic (exact) mass is 437 g/mol. The maximum absolute atomic E-state index is 12.6. The predicted molar refractivity (Wildman–Crippen MR) is 102 cm³/mol. The van der Waals surface area contributed by atoms with E-state index in [-0.39, 0.29) is 17.9 Å². The third-order valence-electron chi connectivity index (χ3n) is 3.97. The average molecular weight is 437 g/mol. The van der Waals surface area contributed by atoms with Crippen molar-refractivity contribution < 1.29 is 14.3 Å². The molecule has 1 aliphatic rings. The summed E-state index contributed by atoms with van der Waals surface area (Å²) in [5, 5.41) is 3.14. The van der Waals surface area contributed by atoms with Crippen LogP contribution in [0.15, 0.2) is 42.5 Å². The van der Waals surface area contributed by atoms with Crippen LogP contribution < -0.4 is 14.8 Å². The van der Waals surface area contributed by atoms with Gasteiger partial charge in [-0.2, -0.15) is 0 Å². The van der Waals surface area contributed by atoms with E-state index in [0.29, 0.717) is 18.8 Å². The van der Waals surface area contributed by atoms with Crippen molar-refractivity contribution >= 4 is 28.5 Å². The Balaban J connectivity index is 1.83. The fourth-order valence-corrected chi connectivity index (χ4v) is 3.29. The highest BCUT2D eigenvalue weighted by molar-refractivity contribution is 14.1. The van der Waals surface area contributed by atoms with Crippen molar-refractivity contribution in [3.8, 4) is 11.5 Å². The Morgan fingerprint density at radius 3 is 2.54 bits per heavy atom. The summed E-state index contributed by atoms with van der Waals surface area (Å²) in [6.45, 7) is 5.31. The van der Waals surface area contributed by atoms with Crippen LogP contribution in [-0.2, 0) is 0 Å². The Morgan fingerprint density at radius 2 is 1.83 bits per heavy atom. The molecule has 0 radical (unpaired) electrons. The number of hydrogen-bond donors (Lipinski definition) is 1. The van der Waals surface area contributed by atoms with Crippen molar-refractivity contribution in [2.75, 3.05) is 13.2 Å². The number of ether oxygens (including phenoxy) is 2. The van der Waals surface area contributed by atoms with Crippen LogP contribution in [0.2, 0.25) is 0 Å². The van der Waals surface area contributed by atoms with Gasteiger partial charge in [-0.15, -0.1) is 0 Å². The molecule has 0 saturated heterocycles. The maximum atomic E-state index is 12.6. The Morgan fingerprint density at radius 1 is 1.08 bits per heavy atom. The molecule has 24 heavy (non-hydrogen) atoms. The second kappa shape index (κ2) is 7.42. The molecule has 2 aromatic carbocycles. The van der Waals surface area contributed by atoms with Crippen molar-refractivity contribution in [1.29, 1.82) is 0 Å². The van der Waals surface area contributed by atoms with Crippen molar-refractivity contribution in [3.63, 3.8) is 0 Å². The lowest BCUT2D eigenvalue weighted by Crippen LogP contribution is -2.32. The zero-order valence-corrected chi connectivity index (χ0v) is 15.9. The third-order valence-corrected chi connectivity index (χ3v) is 4.64. The maximum Gasteiger partial charge on any atom is 0.251 e. The Hall–Kier alpha value is -1.76. The SMILES string of the molecule is CC(C)C(NC(=O)c1cccc(I)c1)c1ccc2c(c1)OCCO2. The van der Waals surface area contributed by atoms with Gasteiger partial charge in [-0.1, -0.05) is 26.0 Å². The number of benzene rings is 2. The molecule has 2 aromatic rings. The Bertz CT molecular complexity index is 745. The molecule has 0 aliphatic carbocycles. The number of amides is 1. The van der Waals surface area contributed by atoms with Crippen molar-refractivity contribution in [1.82, 2.24) is 5.32 Å². The highest BCUT2D eigenvalue weighted by atomic mass is 127. The van der Waals surface area contributed by atoms with E-state index in [4.69, 9.17) is 9.47 Å². The topological polar surface area (TPSA) is 47.6 Å². The summed E-state index contributed by atoms with van der Waals surface area (Å²) in [5.41, 5.74) is 1.69. The largest absolute Gasteiger partial charge is 0.486 e. The second-order valence-corrected chi connectivity index (χ2v) is 7.35. The van der Waals surface area contributed by atoms with E-state index in [1.165, 1.54) is 0 Å². The molecule has 126 valence electrons. The van der Waals surface area contributed by atoms with Crippen LogP contribution in [0.1, 0.15) is 35.8 Å². The summed E-state index contributed by atoms with van der Waals surface area (Å²) in [5.74, 6) is 1.69. The Labute approximate surface area is 155 Å². The van der Waals surface area contributed by atoms with Gasteiger partial charge in [0.1, 0.15) is 13.2 Å². The number of halogens is 1. The Kier molecular flexibility index (Phi) is 5.28. The van der Waals surface area contributed by atoms with Crippen molar-refractivity contribution in [2.45, 2.75) is 19.9 Å². The first-order valence-electron chi connectivity index (χ1n) is 8.00. The molecule has 4 nitrogen and oxygen atoms in total. The van der Waals surface area contributed by atoms with Crippen LogP contribution >= 0.6 is 22.6 Å². The van der Waals surface area contributed by atoms with Crippen LogP contribution in [0.3, 0.4) is 0 Å². The molecule has 1 heterocycles. The summed E-state index contributed by atoms with van der Waals surface area (Å²) in [4.78, 5) is 12.6. The summed E-state index contributed by atoms with van der Waals surface area (Å²) < 4.78 is 12.3. The molecule has 5 heteroatoms. The van der Waals surface area contributed by atoms with Crippen LogP contribution in [-0.4, -0.2) is 19.1 Å². The van der Waals surface area contributed by atoms with E-state index in [0.717, 1.165) is 20.6 Å². The van der Waals surface area contributed by atoms with Crippen LogP contribution in [0.25, 0.3) is 0 Å². The molecule has 3 rings (SSSR count). The quantitative estimate of drug-likeness (QED) is 0.730. The lowest BCUT2D eigenvalue weighted by Gasteiger charge is -2.25. The fourth-order valence-electron chi connectivity index (χ4n) is 2.74. The first-order valence-corrected chi connectivity index (χ1v) is 9.08. The van der Waals surface area contributed by atoms with Crippen molar-refractivity contribution in [3.05, 3.63) is 57.2 Å². The molecule has 1 N–H and O–H groups in total. The summed E-state index contributed by atoms with van der Waals surface area (Å²) in [7, 11) is 0. The van der Waals surface area contributed by atoms with Crippen LogP contribution in [0.5, 0.6) is 11.5 Å². The minimum atomic E-state index is -0.0915. The summed E-state index contributed by atoms with van der Waals surface area (Å²) >= 11 is 2.21. The molecular weight excluding hydrogens is 417 g/mol. The van der Waals surface area contributed by atoms with Gasteiger partial charge >= 0.3 is 0 Å². The highest BCUT2D eigenvalue weighted by Crippen LogP contribution is 2.34. The smallest absolute Gasteiger partial charge is 0.251 e. The molecule has 0 bridgehead atoms. The normalized spacial score (nSPS) is 14.3. The van der Waals surface area contributed by atoms with E-state index >= 15 is 0 Å². The molecule has 1 atom stereocenters. The zero-order chi connectivity index (χ0) is 17.1. The van der Waals surface area contributed by atoms with Gasteiger partial charge in [-0.25, -0.2) is 0 Å². The lowest BCUT2D eigenvalue weighted by atomic mass is 9.95. The van der Waals surface area contributed by atoms with Gasteiger partial charge in [0.15, 0.2) is 11.5 Å². The molecule has 0 spiro atoms. The van der Waals surface area contributed by atoms with Crippen LogP contribution in [0, 0.1) is 9.49 Å².